The molecule has 8 heteroatoms. The third kappa shape index (κ3) is 3.15. The summed E-state index contributed by atoms with van der Waals surface area (Å²) in [5, 5.41) is -0.633. The molecular weight excluding hydrogens is 376 g/mol. The van der Waals surface area contributed by atoms with E-state index < -0.39 is 15.4 Å². The number of fused-ring (bicyclic) bond motifs is 8. The second-order valence-corrected chi connectivity index (χ2v) is 11.7. The van der Waals surface area contributed by atoms with Crippen LogP contribution in [-0.2, 0) is 10.1 Å². The molecule has 1 N–H and O–H groups in total. The lowest BCUT2D eigenvalue weighted by Crippen LogP contribution is -2.75. The summed E-state index contributed by atoms with van der Waals surface area (Å²) < 4.78 is 35.2. The minimum Gasteiger partial charge on any atom is -0.293 e. The SMILES string of the molecule is CCN1CN(C)CC2CC(S(=O)(=O)O)C3C(CN4CN3CC3CCCCC34)C21. The standard InChI is InChI=1S/C20H36N4O3S/c1-3-22-12-21(2)9-15-8-18(28(25,26)27)20-16(19(15)22)11-23-13-24(20)10-14-6-4-5-7-17(14)23/h14-20H,3-13H2,1-2H3,(H,25,26,27). The molecule has 9 unspecified atom stereocenters. The molecule has 0 spiro atoms. The van der Waals surface area contributed by atoms with Crippen molar-refractivity contribution >= 4 is 10.1 Å². The molecular formula is C20H36N4O3S. The van der Waals surface area contributed by atoms with Crippen LogP contribution in [0.5, 0.6) is 0 Å². The quantitative estimate of drug-likeness (QED) is 0.679. The van der Waals surface area contributed by atoms with Crippen LogP contribution in [0.1, 0.15) is 39.0 Å². The third-order valence-electron chi connectivity index (χ3n) is 8.49. The molecule has 160 valence electrons. The van der Waals surface area contributed by atoms with Gasteiger partial charge in [-0.25, -0.2) is 0 Å². The van der Waals surface area contributed by atoms with Crippen LogP contribution >= 0.6 is 0 Å². The van der Waals surface area contributed by atoms with Gasteiger partial charge in [0.05, 0.1) is 13.3 Å². The van der Waals surface area contributed by atoms with E-state index in [0.717, 1.165) is 39.5 Å². The summed E-state index contributed by atoms with van der Waals surface area (Å²) in [5.74, 6) is 1.29. The first-order chi connectivity index (χ1) is 13.4. The first-order valence-electron chi connectivity index (χ1n) is 11.2. The van der Waals surface area contributed by atoms with Gasteiger partial charge in [-0.15, -0.1) is 0 Å². The average Bonchev–Trinajstić information content (AvgIpc) is 2.65. The predicted molar refractivity (Wildman–Crippen MR) is 108 cm³/mol. The molecule has 7 nitrogen and oxygen atoms in total. The second-order valence-electron chi connectivity index (χ2n) is 10.1. The van der Waals surface area contributed by atoms with Gasteiger partial charge in [0.15, 0.2) is 0 Å². The summed E-state index contributed by atoms with van der Waals surface area (Å²) in [6.45, 7) is 8.01. The van der Waals surface area contributed by atoms with Gasteiger partial charge in [0.1, 0.15) is 5.25 Å². The van der Waals surface area contributed by atoms with Gasteiger partial charge in [-0.2, -0.15) is 8.42 Å². The summed E-state index contributed by atoms with van der Waals surface area (Å²) in [6, 6.07) is 1.07. The number of hydrogen-bond acceptors (Lipinski definition) is 6. The van der Waals surface area contributed by atoms with Crippen LogP contribution in [0.25, 0.3) is 0 Å². The van der Waals surface area contributed by atoms with Crippen LogP contribution in [-0.4, -0.2) is 103 Å². The van der Waals surface area contributed by atoms with Crippen LogP contribution in [0.15, 0.2) is 0 Å². The highest BCUT2D eigenvalue weighted by Crippen LogP contribution is 2.46. The zero-order chi connectivity index (χ0) is 19.6. The first-order valence-corrected chi connectivity index (χ1v) is 12.7. The molecule has 28 heavy (non-hydrogen) atoms. The van der Waals surface area contributed by atoms with Gasteiger partial charge in [0.25, 0.3) is 10.1 Å². The van der Waals surface area contributed by atoms with E-state index in [4.69, 9.17) is 0 Å². The Morgan fingerprint density at radius 2 is 1.75 bits per heavy atom. The number of hydrogen-bond donors (Lipinski definition) is 1. The normalized spacial score (nSPS) is 49.8. The number of nitrogens with zero attached hydrogens (tertiary/aromatic N) is 4. The Morgan fingerprint density at radius 1 is 0.964 bits per heavy atom. The lowest BCUT2D eigenvalue weighted by atomic mass is 9.68. The highest BCUT2D eigenvalue weighted by Gasteiger charge is 2.58. The molecule has 0 amide bonds. The maximum atomic E-state index is 12.5. The Labute approximate surface area is 169 Å². The molecule has 2 saturated carbocycles. The molecule has 3 saturated heterocycles. The highest BCUT2D eigenvalue weighted by atomic mass is 32.2. The van der Waals surface area contributed by atoms with Gasteiger partial charge in [0.2, 0.25) is 0 Å². The van der Waals surface area contributed by atoms with Crippen LogP contribution in [0.3, 0.4) is 0 Å². The van der Waals surface area contributed by atoms with E-state index in [1.54, 1.807) is 0 Å². The fourth-order valence-electron chi connectivity index (χ4n) is 7.61. The van der Waals surface area contributed by atoms with Crippen molar-refractivity contribution in [1.29, 1.82) is 0 Å². The van der Waals surface area contributed by atoms with E-state index in [1.807, 2.05) is 0 Å². The molecule has 5 rings (SSSR count). The summed E-state index contributed by atoms with van der Waals surface area (Å²) >= 11 is 0. The fraction of sp³-hybridized carbons (Fsp3) is 1.00. The molecule has 5 fully saturated rings. The van der Waals surface area contributed by atoms with Gasteiger partial charge in [-0.05, 0) is 44.7 Å². The first kappa shape index (κ1) is 19.7. The lowest BCUT2D eigenvalue weighted by Gasteiger charge is -2.63. The van der Waals surface area contributed by atoms with Crippen LogP contribution < -0.4 is 0 Å². The van der Waals surface area contributed by atoms with Gasteiger partial charge in [-0.1, -0.05) is 19.8 Å². The van der Waals surface area contributed by atoms with Crippen molar-refractivity contribution in [2.75, 3.05) is 46.6 Å². The topological polar surface area (TPSA) is 67.3 Å². The third-order valence-corrected chi connectivity index (χ3v) is 9.73. The molecule has 3 aliphatic heterocycles. The molecule has 9 atom stereocenters. The Hall–Kier alpha value is -0.250. The average molecular weight is 413 g/mol. The van der Waals surface area contributed by atoms with Gasteiger partial charge < -0.3 is 0 Å². The van der Waals surface area contributed by atoms with E-state index in [2.05, 4.69) is 33.6 Å². The van der Waals surface area contributed by atoms with Crippen molar-refractivity contribution in [3.05, 3.63) is 0 Å². The molecule has 0 aromatic heterocycles. The largest absolute Gasteiger partial charge is 0.293 e. The molecule has 2 bridgehead atoms. The zero-order valence-corrected chi connectivity index (χ0v) is 18.1. The predicted octanol–water partition coefficient (Wildman–Crippen LogP) is 0.988. The van der Waals surface area contributed by atoms with Gasteiger partial charge >= 0.3 is 0 Å². The molecule has 5 aliphatic rings. The van der Waals surface area contributed by atoms with Crippen LogP contribution in [0.4, 0.5) is 0 Å². The molecule has 3 heterocycles. The summed E-state index contributed by atoms with van der Waals surface area (Å²) in [6.07, 6.45) is 5.79. The molecule has 0 aromatic rings. The van der Waals surface area contributed by atoms with Crippen molar-refractivity contribution in [3.8, 4) is 0 Å². The van der Waals surface area contributed by atoms with Gasteiger partial charge in [-0.3, -0.25) is 24.2 Å². The van der Waals surface area contributed by atoms with Crippen molar-refractivity contribution in [2.24, 2.45) is 17.8 Å². The van der Waals surface area contributed by atoms with Crippen LogP contribution in [0, 0.1) is 17.8 Å². The summed E-state index contributed by atoms with van der Waals surface area (Å²) in [4.78, 5) is 9.99. The van der Waals surface area contributed by atoms with Crippen molar-refractivity contribution in [1.82, 2.24) is 19.6 Å². The van der Waals surface area contributed by atoms with E-state index in [0.29, 0.717) is 36.3 Å². The molecule has 0 radical (unpaired) electrons. The zero-order valence-electron chi connectivity index (χ0n) is 17.3. The second kappa shape index (κ2) is 7.17. The maximum Gasteiger partial charge on any atom is 0.269 e. The Balaban J connectivity index is 1.52. The van der Waals surface area contributed by atoms with Crippen molar-refractivity contribution in [2.45, 2.75) is 62.4 Å². The van der Waals surface area contributed by atoms with E-state index in [1.165, 1.54) is 25.7 Å². The smallest absolute Gasteiger partial charge is 0.269 e. The number of rotatable bonds is 2. The fourth-order valence-corrected chi connectivity index (χ4v) is 8.82. The Bertz CT molecular complexity index is 704. The minimum atomic E-state index is -4.05. The van der Waals surface area contributed by atoms with E-state index in [9.17, 15) is 13.0 Å². The highest BCUT2D eigenvalue weighted by molar-refractivity contribution is 7.86. The van der Waals surface area contributed by atoms with Crippen LogP contribution in [0.2, 0.25) is 0 Å². The van der Waals surface area contributed by atoms with Crippen molar-refractivity contribution < 1.29 is 13.0 Å². The van der Waals surface area contributed by atoms with Crippen molar-refractivity contribution in [3.63, 3.8) is 0 Å². The minimum absolute atomic E-state index is 0.0344. The maximum absolute atomic E-state index is 12.5. The van der Waals surface area contributed by atoms with E-state index in [-0.39, 0.29) is 6.04 Å². The summed E-state index contributed by atoms with van der Waals surface area (Å²) in [7, 11) is -1.92. The van der Waals surface area contributed by atoms with Gasteiger partial charge in [0, 0.05) is 43.7 Å². The molecule has 0 aromatic carbocycles. The monoisotopic (exact) mass is 412 g/mol. The van der Waals surface area contributed by atoms with E-state index >= 15 is 0 Å². The molecule has 2 aliphatic carbocycles. The Kier molecular flexibility index (Phi) is 5.04. The Morgan fingerprint density at radius 3 is 2.50 bits per heavy atom. The lowest BCUT2D eigenvalue weighted by molar-refractivity contribution is -0.151. The summed E-state index contributed by atoms with van der Waals surface area (Å²) in [5.41, 5.74) is 0.